The molecule has 0 radical (unpaired) electrons. The molecule has 0 aliphatic carbocycles. The van der Waals surface area contributed by atoms with Crippen molar-refractivity contribution in [2.45, 2.75) is 20.0 Å². The summed E-state index contributed by atoms with van der Waals surface area (Å²) in [5, 5.41) is 9.46. The zero-order chi connectivity index (χ0) is 13.1. The molecule has 0 aliphatic heterocycles. The van der Waals surface area contributed by atoms with Crippen molar-refractivity contribution < 1.29 is 13.2 Å². The number of nitrogens with two attached hydrogens (primary N) is 1. The molecule has 0 bridgehead atoms. The fourth-order valence-electron chi connectivity index (χ4n) is 0.980. The summed E-state index contributed by atoms with van der Waals surface area (Å²) in [5.74, 6) is 0.305. The summed E-state index contributed by atoms with van der Waals surface area (Å²) >= 11 is 0. The van der Waals surface area contributed by atoms with Crippen LogP contribution in [0.15, 0.2) is 12.1 Å². The predicted octanol–water partition coefficient (Wildman–Crippen LogP) is 1.89. The maximum absolute atomic E-state index is 12.2. The Bertz CT molecular complexity index is 359. The Hall–Kier alpha value is -1.37. The zero-order valence-electron chi connectivity index (χ0n) is 9.67. The molecule has 7 heteroatoms. The van der Waals surface area contributed by atoms with Gasteiger partial charge in [0.25, 0.3) is 0 Å². The Morgan fingerprint density at radius 2 is 1.88 bits per heavy atom. The van der Waals surface area contributed by atoms with E-state index in [1.54, 1.807) is 0 Å². The fraction of sp³-hybridized carbons (Fsp3) is 0.600. The minimum atomic E-state index is -4.46. The van der Waals surface area contributed by atoms with Crippen LogP contribution in [-0.4, -0.2) is 23.3 Å². The highest BCUT2D eigenvalue weighted by molar-refractivity contribution is 5.33. The van der Waals surface area contributed by atoms with Crippen molar-refractivity contribution in [2.75, 3.05) is 18.4 Å². The fourth-order valence-corrected chi connectivity index (χ4v) is 0.980. The molecule has 0 aromatic carbocycles. The Balaban J connectivity index is 2.64. The molecule has 0 spiro atoms. The monoisotopic (exact) mass is 248 g/mol. The summed E-state index contributed by atoms with van der Waals surface area (Å²) in [6.45, 7) is 4.87. The SMILES string of the molecule is CC(C)(CN)CNc1ccc(C(F)(F)F)nn1. The average molecular weight is 248 g/mol. The van der Waals surface area contributed by atoms with Crippen LogP contribution in [0.1, 0.15) is 19.5 Å². The first-order valence-electron chi connectivity index (χ1n) is 5.09. The lowest BCUT2D eigenvalue weighted by Crippen LogP contribution is -2.31. The Kier molecular flexibility index (Phi) is 3.92. The van der Waals surface area contributed by atoms with Gasteiger partial charge in [-0.05, 0) is 24.1 Å². The summed E-state index contributed by atoms with van der Waals surface area (Å²) in [7, 11) is 0. The lowest BCUT2D eigenvalue weighted by molar-refractivity contribution is -0.141. The molecule has 0 amide bonds. The van der Waals surface area contributed by atoms with Crippen LogP contribution in [0.25, 0.3) is 0 Å². The molecule has 96 valence electrons. The molecular weight excluding hydrogens is 233 g/mol. The normalized spacial score (nSPS) is 12.6. The van der Waals surface area contributed by atoms with Crippen LogP contribution in [0.4, 0.5) is 19.0 Å². The van der Waals surface area contributed by atoms with E-state index in [1.807, 2.05) is 13.8 Å². The van der Waals surface area contributed by atoms with Crippen LogP contribution in [-0.2, 0) is 6.18 Å². The number of halogens is 3. The van der Waals surface area contributed by atoms with Crippen molar-refractivity contribution in [2.24, 2.45) is 11.1 Å². The second-order valence-corrected chi connectivity index (χ2v) is 4.52. The average Bonchev–Trinajstić information content (AvgIpc) is 2.26. The van der Waals surface area contributed by atoms with E-state index in [4.69, 9.17) is 5.73 Å². The van der Waals surface area contributed by atoms with E-state index < -0.39 is 11.9 Å². The number of alkyl halides is 3. The van der Waals surface area contributed by atoms with Crippen molar-refractivity contribution >= 4 is 5.82 Å². The van der Waals surface area contributed by atoms with Crippen molar-refractivity contribution in [3.8, 4) is 0 Å². The molecule has 1 aromatic rings. The maximum atomic E-state index is 12.2. The molecule has 1 rings (SSSR count). The van der Waals surface area contributed by atoms with Crippen LogP contribution in [0.5, 0.6) is 0 Å². The first-order valence-corrected chi connectivity index (χ1v) is 5.09. The Morgan fingerprint density at radius 1 is 1.24 bits per heavy atom. The van der Waals surface area contributed by atoms with Gasteiger partial charge in [0.05, 0.1) is 0 Å². The van der Waals surface area contributed by atoms with E-state index in [1.165, 1.54) is 6.07 Å². The summed E-state index contributed by atoms with van der Waals surface area (Å²) < 4.78 is 36.6. The molecule has 0 aliphatic rings. The highest BCUT2D eigenvalue weighted by Gasteiger charge is 2.32. The van der Waals surface area contributed by atoms with Crippen LogP contribution < -0.4 is 11.1 Å². The van der Waals surface area contributed by atoms with E-state index >= 15 is 0 Å². The molecule has 0 fully saturated rings. The van der Waals surface area contributed by atoms with E-state index in [-0.39, 0.29) is 5.41 Å². The van der Waals surface area contributed by atoms with E-state index in [2.05, 4.69) is 15.5 Å². The summed E-state index contributed by atoms with van der Waals surface area (Å²) in [6, 6.07) is 2.15. The Labute approximate surface area is 97.4 Å². The first-order chi connectivity index (χ1) is 7.74. The van der Waals surface area contributed by atoms with Gasteiger partial charge in [-0.3, -0.25) is 0 Å². The number of anilines is 1. The molecular formula is C10H15F3N4. The zero-order valence-corrected chi connectivity index (χ0v) is 9.67. The van der Waals surface area contributed by atoms with E-state index in [9.17, 15) is 13.2 Å². The Morgan fingerprint density at radius 3 is 2.29 bits per heavy atom. The third kappa shape index (κ3) is 4.18. The van der Waals surface area contributed by atoms with Gasteiger partial charge < -0.3 is 11.1 Å². The van der Waals surface area contributed by atoms with Gasteiger partial charge >= 0.3 is 6.18 Å². The van der Waals surface area contributed by atoms with Gasteiger partial charge in [0.2, 0.25) is 0 Å². The van der Waals surface area contributed by atoms with Gasteiger partial charge in [-0.2, -0.15) is 13.2 Å². The highest BCUT2D eigenvalue weighted by atomic mass is 19.4. The summed E-state index contributed by atoms with van der Waals surface area (Å²) in [5.41, 5.74) is 4.38. The number of aromatic nitrogens is 2. The third-order valence-corrected chi connectivity index (χ3v) is 2.26. The lowest BCUT2D eigenvalue weighted by atomic mass is 9.94. The number of hydrogen-bond donors (Lipinski definition) is 2. The highest BCUT2D eigenvalue weighted by Crippen LogP contribution is 2.27. The van der Waals surface area contributed by atoms with Gasteiger partial charge in [-0.1, -0.05) is 13.8 Å². The molecule has 0 unspecified atom stereocenters. The van der Waals surface area contributed by atoms with Crippen molar-refractivity contribution in [3.63, 3.8) is 0 Å². The van der Waals surface area contributed by atoms with Crippen LogP contribution in [0, 0.1) is 5.41 Å². The first kappa shape index (κ1) is 13.7. The van der Waals surface area contributed by atoms with E-state index in [0.717, 1.165) is 6.07 Å². The lowest BCUT2D eigenvalue weighted by Gasteiger charge is -2.22. The molecule has 4 nitrogen and oxygen atoms in total. The molecule has 0 saturated heterocycles. The maximum Gasteiger partial charge on any atom is 0.435 e. The number of hydrogen-bond acceptors (Lipinski definition) is 4. The number of rotatable bonds is 4. The molecule has 1 aromatic heterocycles. The van der Waals surface area contributed by atoms with Crippen molar-refractivity contribution in [1.82, 2.24) is 10.2 Å². The van der Waals surface area contributed by atoms with Crippen LogP contribution in [0.2, 0.25) is 0 Å². The number of nitrogens with one attached hydrogen (secondary N) is 1. The smallest absolute Gasteiger partial charge is 0.368 e. The van der Waals surface area contributed by atoms with Crippen LogP contribution in [0.3, 0.4) is 0 Å². The van der Waals surface area contributed by atoms with Gasteiger partial charge in [0.15, 0.2) is 5.69 Å². The summed E-state index contributed by atoms with van der Waals surface area (Å²) in [4.78, 5) is 0. The minimum absolute atomic E-state index is 0.148. The molecule has 3 N–H and O–H groups in total. The quantitative estimate of drug-likeness (QED) is 0.854. The molecule has 0 atom stereocenters. The van der Waals surface area contributed by atoms with E-state index in [0.29, 0.717) is 18.9 Å². The van der Waals surface area contributed by atoms with Gasteiger partial charge in [0.1, 0.15) is 5.82 Å². The number of nitrogens with zero attached hydrogens (tertiary/aromatic N) is 2. The molecule has 0 saturated carbocycles. The molecule has 1 heterocycles. The van der Waals surface area contributed by atoms with Crippen molar-refractivity contribution in [1.29, 1.82) is 0 Å². The second kappa shape index (κ2) is 4.87. The van der Waals surface area contributed by atoms with Gasteiger partial charge in [-0.15, -0.1) is 10.2 Å². The summed E-state index contributed by atoms with van der Waals surface area (Å²) in [6.07, 6.45) is -4.46. The van der Waals surface area contributed by atoms with Crippen molar-refractivity contribution in [3.05, 3.63) is 17.8 Å². The standard InChI is InChI=1S/C10H15F3N4/c1-9(2,5-14)6-15-8-4-3-7(16-17-8)10(11,12)13/h3-4H,5-6,14H2,1-2H3,(H,15,17). The predicted molar refractivity (Wildman–Crippen MR) is 58.4 cm³/mol. The van der Waals surface area contributed by atoms with Crippen LogP contribution >= 0.6 is 0 Å². The topological polar surface area (TPSA) is 63.8 Å². The minimum Gasteiger partial charge on any atom is -0.368 e. The second-order valence-electron chi connectivity index (χ2n) is 4.52. The third-order valence-electron chi connectivity index (χ3n) is 2.26. The van der Waals surface area contributed by atoms with Gasteiger partial charge in [-0.25, -0.2) is 0 Å². The molecule has 17 heavy (non-hydrogen) atoms. The largest absolute Gasteiger partial charge is 0.435 e. The van der Waals surface area contributed by atoms with Gasteiger partial charge in [0, 0.05) is 6.54 Å².